The molecule has 1 saturated heterocycles. The first kappa shape index (κ1) is 17.5. The molecule has 1 aliphatic rings. The van der Waals surface area contributed by atoms with E-state index in [1.165, 1.54) is 0 Å². The molecule has 0 spiro atoms. The van der Waals surface area contributed by atoms with Crippen molar-refractivity contribution >= 4 is 33.8 Å². The molecule has 1 aromatic rings. The molecule has 1 atom stereocenters. The highest BCUT2D eigenvalue weighted by Crippen LogP contribution is 2.33. The summed E-state index contributed by atoms with van der Waals surface area (Å²) in [5.74, 6) is -0.765. The van der Waals surface area contributed by atoms with Crippen LogP contribution in [0.1, 0.15) is 32.3 Å². The lowest BCUT2D eigenvalue weighted by atomic mass is 9.92. The van der Waals surface area contributed by atoms with Crippen LogP contribution >= 0.6 is 15.9 Å². The zero-order valence-electron chi connectivity index (χ0n) is 13.2. The Labute approximate surface area is 143 Å². The van der Waals surface area contributed by atoms with Crippen molar-refractivity contribution in [3.63, 3.8) is 0 Å². The van der Waals surface area contributed by atoms with Gasteiger partial charge in [0.15, 0.2) is 0 Å². The summed E-state index contributed by atoms with van der Waals surface area (Å²) in [6, 6.07) is 6.65. The number of nitrogens with zero attached hydrogens (tertiary/aromatic N) is 1. The third-order valence-corrected chi connectivity index (χ3v) is 4.53. The Hall–Kier alpha value is -1.89. The lowest BCUT2D eigenvalue weighted by Crippen LogP contribution is -2.43. The van der Waals surface area contributed by atoms with Crippen LogP contribution in [-0.2, 0) is 15.1 Å². The van der Waals surface area contributed by atoms with Crippen molar-refractivity contribution in [3.8, 4) is 0 Å². The highest BCUT2D eigenvalue weighted by atomic mass is 79.9. The van der Waals surface area contributed by atoms with E-state index in [0.29, 0.717) is 12.1 Å². The zero-order chi connectivity index (χ0) is 17.0. The number of unbranched alkanes of at least 4 members (excludes halogenated alkanes) is 1. The van der Waals surface area contributed by atoms with E-state index in [-0.39, 0.29) is 12.5 Å². The van der Waals surface area contributed by atoms with Crippen LogP contribution < -0.4 is 10.6 Å². The molecular weight excluding hydrogens is 362 g/mol. The summed E-state index contributed by atoms with van der Waals surface area (Å²) < 4.78 is 0.727. The maximum absolute atomic E-state index is 12.7. The summed E-state index contributed by atoms with van der Waals surface area (Å²) >= 11 is 3.40. The summed E-state index contributed by atoms with van der Waals surface area (Å²) in [5.41, 5.74) is -0.520. The van der Waals surface area contributed by atoms with Crippen LogP contribution in [0.4, 0.5) is 4.79 Å². The minimum atomic E-state index is -1.18. The molecule has 1 fully saturated rings. The van der Waals surface area contributed by atoms with Gasteiger partial charge >= 0.3 is 6.03 Å². The average molecular weight is 382 g/mol. The Bertz CT molecular complexity index is 635. The highest BCUT2D eigenvalue weighted by Gasteiger charge is 2.50. The van der Waals surface area contributed by atoms with Gasteiger partial charge in [-0.05, 0) is 19.4 Å². The quantitative estimate of drug-likeness (QED) is 0.585. The molecular formula is C16H20BrN3O3. The van der Waals surface area contributed by atoms with Gasteiger partial charge in [-0.2, -0.15) is 0 Å². The molecule has 0 bridgehead atoms. The van der Waals surface area contributed by atoms with Gasteiger partial charge in [-0.3, -0.25) is 14.5 Å². The molecule has 124 valence electrons. The van der Waals surface area contributed by atoms with Crippen LogP contribution in [0.5, 0.6) is 0 Å². The number of amides is 4. The Morgan fingerprint density at radius 3 is 2.70 bits per heavy atom. The number of nitrogens with one attached hydrogen (secondary N) is 2. The van der Waals surface area contributed by atoms with Gasteiger partial charge in [0, 0.05) is 16.6 Å². The normalized spacial score (nSPS) is 20.6. The van der Waals surface area contributed by atoms with E-state index < -0.39 is 17.5 Å². The minimum absolute atomic E-state index is 0.269. The van der Waals surface area contributed by atoms with E-state index in [1.807, 2.05) is 13.0 Å². The topological polar surface area (TPSA) is 78.5 Å². The number of urea groups is 1. The monoisotopic (exact) mass is 381 g/mol. The third-order valence-electron chi connectivity index (χ3n) is 3.84. The molecule has 1 aliphatic heterocycles. The van der Waals surface area contributed by atoms with Crippen LogP contribution in [-0.4, -0.2) is 35.8 Å². The van der Waals surface area contributed by atoms with Gasteiger partial charge in [0.25, 0.3) is 5.91 Å². The fourth-order valence-electron chi connectivity index (χ4n) is 2.49. The molecule has 0 aliphatic carbocycles. The van der Waals surface area contributed by atoms with Crippen molar-refractivity contribution in [2.24, 2.45) is 0 Å². The first-order valence-electron chi connectivity index (χ1n) is 7.56. The van der Waals surface area contributed by atoms with Gasteiger partial charge in [0.05, 0.1) is 0 Å². The van der Waals surface area contributed by atoms with Gasteiger partial charge < -0.3 is 10.6 Å². The van der Waals surface area contributed by atoms with E-state index in [0.717, 1.165) is 22.2 Å². The van der Waals surface area contributed by atoms with Gasteiger partial charge in [0.1, 0.15) is 12.1 Å². The van der Waals surface area contributed by atoms with Crippen molar-refractivity contribution < 1.29 is 14.4 Å². The summed E-state index contributed by atoms with van der Waals surface area (Å²) in [4.78, 5) is 37.7. The summed E-state index contributed by atoms with van der Waals surface area (Å²) in [5, 5.41) is 5.40. The highest BCUT2D eigenvalue weighted by molar-refractivity contribution is 9.10. The number of hydrogen-bond acceptors (Lipinski definition) is 3. The van der Waals surface area contributed by atoms with E-state index >= 15 is 0 Å². The second-order valence-corrected chi connectivity index (χ2v) is 6.48. The van der Waals surface area contributed by atoms with Crippen molar-refractivity contribution in [2.45, 2.75) is 32.2 Å². The van der Waals surface area contributed by atoms with Crippen LogP contribution in [0, 0.1) is 0 Å². The Morgan fingerprint density at radius 2 is 2.04 bits per heavy atom. The van der Waals surface area contributed by atoms with E-state index in [2.05, 4.69) is 26.6 Å². The van der Waals surface area contributed by atoms with Crippen molar-refractivity contribution in [2.75, 3.05) is 13.1 Å². The number of benzene rings is 1. The predicted molar refractivity (Wildman–Crippen MR) is 89.7 cm³/mol. The second-order valence-electron chi connectivity index (χ2n) is 5.63. The van der Waals surface area contributed by atoms with E-state index in [9.17, 15) is 14.4 Å². The maximum Gasteiger partial charge on any atom is 0.325 e. The molecule has 6 nitrogen and oxygen atoms in total. The molecule has 1 heterocycles. The molecule has 2 rings (SSSR count). The number of carbonyl (C=O) groups is 3. The minimum Gasteiger partial charge on any atom is -0.355 e. The van der Waals surface area contributed by atoms with Crippen LogP contribution in [0.15, 0.2) is 28.7 Å². The second kappa shape index (κ2) is 7.12. The van der Waals surface area contributed by atoms with Gasteiger partial charge in [0.2, 0.25) is 5.91 Å². The van der Waals surface area contributed by atoms with Crippen molar-refractivity contribution in [1.29, 1.82) is 0 Å². The molecule has 0 aromatic heterocycles. The number of halogens is 1. The average Bonchev–Trinajstić information content (AvgIpc) is 2.72. The standard InChI is InChI=1S/C16H20BrN3O3/c1-3-4-9-18-13(21)10-20-14(22)16(2,19-15(20)23)11-7-5-6-8-12(11)17/h5-8H,3-4,9-10H2,1-2H3,(H,18,21)(H,19,23). The lowest BCUT2D eigenvalue weighted by Gasteiger charge is -2.23. The molecule has 2 N–H and O–H groups in total. The summed E-state index contributed by atoms with van der Waals surface area (Å²) in [6.07, 6.45) is 1.82. The molecule has 0 saturated carbocycles. The Morgan fingerprint density at radius 1 is 1.35 bits per heavy atom. The maximum atomic E-state index is 12.7. The van der Waals surface area contributed by atoms with Crippen molar-refractivity contribution in [1.82, 2.24) is 15.5 Å². The third kappa shape index (κ3) is 3.55. The molecule has 1 aromatic carbocycles. The fourth-order valence-corrected chi connectivity index (χ4v) is 3.18. The summed E-state index contributed by atoms with van der Waals surface area (Å²) in [7, 11) is 0. The number of rotatable bonds is 6. The van der Waals surface area contributed by atoms with Crippen molar-refractivity contribution in [3.05, 3.63) is 34.3 Å². The van der Waals surface area contributed by atoms with Crippen LogP contribution in [0.2, 0.25) is 0 Å². The Balaban J connectivity index is 2.14. The van der Waals surface area contributed by atoms with Crippen LogP contribution in [0.25, 0.3) is 0 Å². The largest absolute Gasteiger partial charge is 0.355 e. The predicted octanol–water partition coefficient (Wildman–Crippen LogP) is 2.13. The molecule has 0 radical (unpaired) electrons. The van der Waals surface area contributed by atoms with Gasteiger partial charge in [-0.1, -0.05) is 47.5 Å². The van der Waals surface area contributed by atoms with Crippen LogP contribution in [0.3, 0.4) is 0 Å². The number of hydrogen-bond donors (Lipinski definition) is 2. The molecule has 7 heteroatoms. The first-order valence-corrected chi connectivity index (χ1v) is 8.35. The molecule has 23 heavy (non-hydrogen) atoms. The lowest BCUT2D eigenvalue weighted by molar-refractivity contribution is -0.134. The number of carbonyl (C=O) groups excluding carboxylic acids is 3. The molecule has 1 unspecified atom stereocenters. The fraction of sp³-hybridized carbons (Fsp3) is 0.438. The smallest absolute Gasteiger partial charge is 0.325 e. The Kier molecular flexibility index (Phi) is 5.41. The van der Waals surface area contributed by atoms with Gasteiger partial charge in [-0.25, -0.2) is 4.79 Å². The summed E-state index contributed by atoms with van der Waals surface area (Å²) in [6.45, 7) is 3.93. The van der Waals surface area contributed by atoms with E-state index in [4.69, 9.17) is 0 Å². The number of imide groups is 1. The van der Waals surface area contributed by atoms with E-state index in [1.54, 1.807) is 25.1 Å². The first-order chi connectivity index (χ1) is 10.9. The van der Waals surface area contributed by atoms with Gasteiger partial charge in [-0.15, -0.1) is 0 Å². The SMILES string of the molecule is CCCCNC(=O)CN1C(=O)NC(C)(c2ccccc2Br)C1=O. The zero-order valence-corrected chi connectivity index (χ0v) is 14.8. The molecule has 4 amide bonds.